The number of nitrogens with two attached hydrogens (primary N) is 1. The fourth-order valence-electron chi connectivity index (χ4n) is 2.05. The molecule has 2 rings (SSSR count). The maximum atomic E-state index is 12.0. The van der Waals surface area contributed by atoms with E-state index in [-0.39, 0.29) is 16.7 Å². The summed E-state index contributed by atoms with van der Waals surface area (Å²) in [5.74, 6) is 1.88. The van der Waals surface area contributed by atoms with Gasteiger partial charge in [-0.2, -0.15) is 0 Å². The lowest BCUT2D eigenvalue weighted by atomic mass is 9.90. The predicted octanol–water partition coefficient (Wildman–Crippen LogP) is 1.72. The molecule has 1 fully saturated rings. The maximum Gasteiger partial charge on any atom is 0.227 e. The molecular formula is C14H22N2O2. The highest BCUT2D eigenvalue weighted by Crippen LogP contribution is 2.44. The number of hydrogen-bond acceptors (Lipinski definition) is 3. The van der Waals surface area contributed by atoms with Crippen molar-refractivity contribution in [2.45, 2.75) is 39.0 Å². The summed E-state index contributed by atoms with van der Waals surface area (Å²) in [6, 6.07) is 3.92. The first-order chi connectivity index (χ1) is 8.39. The Bertz CT molecular complexity index is 444. The summed E-state index contributed by atoms with van der Waals surface area (Å²) < 4.78 is 5.63. The highest BCUT2D eigenvalue weighted by atomic mass is 16.3. The molecular weight excluding hydrogens is 228 g/mol. The minimum absolute atomic E-state index is 0.0846. The Morgan fingerprint density at radius 1 is 1.50 bits per heavy atom. The van der Waals surface area contributed by atoms with Crippen LogP contribution in [0.5, 0.6) is 0 Å². The molecule has 1 amide bonds. The lowest BCUT2D eigenvalue weighted by Gasteiger charge is -2.24. The zero-order chi connectivity index (χ0) is 13.4. The molecule has 0 aromatic carbocycles. The Balaban J connectivity index is 1.95. The lowest BCUT2D eigenvalue weighted by Crippen LogP contribution is -2.42. The number of carbonyl (C=O) groups excluding carboxylic acids is 1. The maximum absolute atomic E-state index is 12.0. The number of aryl methyl sites for hydroxylation is 1. The normalized spacial score (nSPS) is 17.6. The summed E-state index contributed by atoms with van der Waals surface area (Å²) in [6.07, 6.45) is 1.82. The number of furan rings is 1. The number of amides is 1. The zero-order valence-electron chi connectivity index (χ0n) is 11.4. The number of nitrogens with one attached hydrogen (secondary N) is 1. The molecule has 0 saturated heterocycles. The molecule has 1 saturated carbocycles. The van der Waals surface area contributed by atoms with Gasteiger partial charge in [-0.15, -0.1) is 0 Å². The average Bonchev–Trinajstić information content (AvgIpc) is 3.02. The Kier molecular flexibility index (Phi) is 3.23. The molecule has 0 unspecified atom stereocenters. The molecule has 0 atom stereocenters. The van der Waals surface area contributed by atoms with Crippen molar-refractivity contribution in [3.63, 3.8) is 0 Å². The van der Waals surface area contributed by atoms with Gasteiger partial charge in [-0.25, -0.2) is 0 Å². The van der Waals surface area contributed by atoms with Crippen LogP contribution in [0.15, 0.2) is 16.5 Å². The van der Waals surface area contributed by atoms with Gasteiger partial charge in [0.15, 0.2) is 0 Å². The topological polar surface area (TPSA) is 68.3 Å². The molecule has 18 heavy (non-hydrogen) atoms. The van der Waals surface area contributed by atoms with E-state index in [1.54, 1.807) is 0 Å². The van der Waals surface area contributed by atoms with Crippen LogP contribution in [0.4, 0.5) is 0 Å². The van der Waals surface area contributed by atoms with Gasteiger partial charge in [-0.05, 0) is 31.9 Å². The van der Waals surface area contributed by atoms with Crippen molar-refractivity contribution >= 4 is 5.91 Å². The Hall–Kier alpha value is -1.29. The van der Waals surface area contributed by atoms with Crippen molar-refractivity contribution in [1.82, 2.24) is 5.32 Å². The van der Waals surface area contributed by atoms with Crippen molar-refractivity contribution in [2.75, 3.05) is 13.1 Å². The molecule has 4 heteroatoms. The molecule has 0 spiro atoms. The van der Waals surface area contributed by atoms with Gasteiger partial charge in [0.05, 0.1) is 5.41 Å². The van der Waals surface area contributed by atoms with E-state index < -0.39 is 0 Å². The van der Waals surface area contributed by atoms with Gasteiger partial charge in [-0.3, -0.25) is 4.79 Å². The molecule has 1 heterocycles. The molecule has 4 nitrogen and oxygen atoms in total. The van der Waals surface area contributed by atoms with Gasteiger partial charge < -0.3 is 15.5 Å². The largest absolute Gasteiger partial charge is 0.466 e. The highest BCUT2D eigenvalue weighted by molar-refractivity contribution is 5.85. The van der Waals surface area contributed by atoms with Crippen LogP contribution in [0, 0.1) is 12.3 Å². The van der Waals surface area contributed by atoms with Crippen LogP contribution >= 0.6 is 0 Å². The Morgan fingerprint density at radius 2 is 2.17 bits per heavy atom. The second kappa shape index (κ2) is 4.43. The number of rotatable bonds is 5. The molecule has 0 radical (unpaired) electrons. The number of hydrogen-bond donors (Lipinski definition) is 2. The summed E-state index contributed by atoms with van der Waals surface area (Å²) in [4.78, 5) is 12.0. The summed E-state index contributed by atoms with van der Waals surface area (Å²) in [6.45, 7) is 7.06. The van der Waals surface area contributed by atoms with Gasteiger partial charge in [0.25, 0.3) is 0 Å². The molecule has 1 aliphatic rings. The van der Waals surface area contributed by atoms with Gasteiger partial charge in [0.1, 0.15) is 11.5 Å². The lowest BCUT2D eigenvalue weighted by molar-refractivity contribution is -0.126. The number of carbonyl (C=O) groups is 1. The first-order valence-corrected chi connectivity index (χ1v) is 6.45. The van der Waals surface area contributed by atoms with Crippen LogP contribution in [0.1, 0.15) is 38.2 Å². The fourth-order valence-corrected chi connectivity index (χ4v) is 2.05. The van der Waals surface area contributed by atoms with E-state index in [0.29, 0.717) is 13.1 Å². The van der Waals surface area contributed by atoms with E-state index in [4.69, 9.17) is 10.2 Å². The van der Waals surface area contributed by atoms with E-state index in [9.17, 15) is 4.79 Å². The molecule has 0 bridgehead atoms. The van der Waals surface area contributed by atoms with Gasteiger partial charge >= 0.3 is 0 Å². The van der Waals surface area contributed by atoms with Crippen molar-refractivity contribution in [3.8, 4) is 0 Å². The standard InChI is InChI=1S/C14H22N2O2/c1-10-4-5-11(18-10)13(2,3)9-16-12(17)14(8-15)6-7-14/h4-5H,6-9,15H2,1-3H3,(H,16,17). The smallest absolute Gasteiger partial charge is 0.227 e. The second-order valence-electron chi connectivity index (χ2n) is 5.96. The van der Waals surface area contributed by atoms with E-state index in [1.165, 1.54) is 0 Å². The SMILES string of the molecule is Cc1ccc(C(C)(C)CNC(=O)C2(CN)CC2)o1. The van der Waals surface area contributed by atoms with Crippen molar-refractivity contribution in [1.29, 1.82) is 0 Å². The van der Waals surface area contributed by atoms with Gasteiger partial charge in [-0.1, -0.05) is 13.8 Å². The third kappa shape index (κ3) is 2.43. The second-order valence-corrected chi connectivity index (χ2v) is 5.96. The first kappa shape index (κ1) is 13.1. The monoisotopic (exact) mass is 250 g/mol. The van der Waals surface area contributed by atoms with E-state index in [2.05, 4.69) is 19.2 Å². The quantitative estimate of drug-likeness (QED) is 0.836. The Morgan fingerprint density at radius 3 is 2.61 bits per heavy atom. The fraction of sp³-hybridized carbons (Fsp3) is 0.643. The summed E-state index contributed by atoms with van der Waals surface area (Å²) >= 11 is 0. The van der Waals surface area contributed by atoms with Crippen LogP contribution < -0.4 is 11.1 Å². The highest BCUT2D eigenvalue weighted by Gasteiger charge is 2.48. The third-order valence-electron chi connectivity index (χ3n) is 3.82. The summed E-state index contributed by atoms with van der Waals surface area (Å²) in [5.41, 5.74) is 5.16. The zero-order valence-corrected chi connectivity index (χ0v) is 11.4. The minimum atomic E-state index is -0.283. The summed E-state index contributed by atoms with van der Waals surface area (Å²) in [5, 5.41) is 3.01. The van der Waals surface area contributed by atoms with E-state index >= 15 is 0 Å². The van der Waals surface area contributed by atoms with Crippen molar-refractivity contribution in [2.24, 2.45) is 11.1 Å². The van der Waals surface area contributed by atoms with Crippen LogP contribution in [0.2, 0.25) is 0 Å². The molecule has 1 aliphatic carbocycles. The van der Waals surface area contributed by atoms with Gasteiger partial charge in [0, 0.05) is 18.5 Å². The average molecular weight is 250 g/mol. The first-order valence-electron chi connectivity index (χ1n) is 6.45. The van der Waals surface area contributed by atoms with Gasteiger partial charge in [0.2, 0.25) is 5.91 Å². The molecule has 1 aromatic rings. The Labute approximate surface area is 108 Å². The van der Waals surface area contributed by atoms with Crippen LogP contribution in [-0.2, 0) is 10.2 Å². The van der Waals surface area contributed by atoms with Crippen LogP contribution in [-0.4, -0.2) is 19.0 Å². The predicted molar refractivity (Wildman–Crippen MR) is 70.2 cm³/mol. The van der Waals surface area contributed by atoms with Crippen LogP contribution in [0.25, 0.3) is 0 Å². The molecule has 1 aromatic heterocycles. The third-order valence-corrected chi connectivity index (χ3v) is 3.82. The molecule has 0 aliphatic heterocycles. The molecule has 100 valence electrons. The van der Waals surface area contributed by atoms with Crippen molar-refractivity contribution in [3.05, 3.63) is 23.7 Å². The van der Waals surface area contributed by atoms with Crippen LogP contribution in [0.3, 0.4) is 0 Å². The minimum Gasteiger partial charge on any atom is -0.466 e. The summed E-state index contributed by atoms with van der Waals surface area (Å²) in [7, 11) is 0. The van der Waals surface area contributed by atoms with E-state index in [1.807, 2.05) is 19.1 Å². The van der Waals surface area contributed by atoms with E-state index in [0.717, 1.165) is 24.4 Å². The van der Waals surface area contributed by atoms with Crippen molar-refractivity contribution < 1.29 is 9.21 Å². The molecule has 3 N–H and O–H groups in total.